The fraction of sp³-hybridized carbons (Fsp3) is 0.583. The predicted molar refractivity (Wildman–Crippen MR) is 79.0 cm³/mol. The monoisotopic (exact) mass is 353 g/mol. The first-order chi connectivity index (χ1) is 9.88. The zero-order valence-electron chi connectivity index (χ0n) is 11.4. The molecular formula is C12H16ClNO5S2. The van der Waals surface area contributed by atoms with Crippen LogP contribution in [0.5, 0.6) is 0 Å². The topological polar surface area (TPSA) is 81.7 Å². The Hall–Kier alpha value is -0.670. The summed E-state index contributed by atoms with van der Waals surface area (Å²) in [5, 5.41) is 0. The van der Waals surface area contributed by atoms with Gasteiger partial charge in [-0.05, 0) is 31.9 Å². The van der Waals surface area contributed by atoms with Crippen molar-refractivity contribution in [3.63, 3.8) is 0 Å². The highest BCUT2D eigenvalue weighted by Gasteiger charge is 2.25. The highest BCUT2D eigenvalue weighted by Crippen LogP contribution is 2.25. The Kier molecular flexibility index (Phi) is 5.61. The van der Waals surface area contributed by atoms with Gasteiger partial charge in [0.25, 0.3) is 15.9 Å². The van der Waals surface area contributed by atoms with Crippen LogP contribution in [0, 0.1) is 0 Å². The highest BCUT2D eigenvalue weighted by molar-refractivity contribution is 7.92. The third-order valence-electron chi connectivity index (χ3n) is 2.97. The number of carbonyl (C=O) groups is 1. The number of thiophene rings is 1. The first kappa shape index (κ1) is 16.7. The summed E-state index contributed by atoms with van der Waals surface area (Å²) >= 11 is 6.57. The van der Waals surface area contributed by atoms with Crippen molar-refractivity contribution < 1.29 is 22.7 Å². The zero-order valence-corrected chi connectivity index (χ0v) is 13.8. The minimum Gasteiger partial charge on any atom is -0.376 e. The first-order valence-electron chi connectivity index (χ1n) is 6.43. The molecule has 1 aliphatic heterocycles. The second-order valence-electron chi connectivity index (χ2n) is 4.64. The van der Waals surface area contributed by atoms with Gasteiger partial charge in [0.1, 0.15) is 10.3 Å². The summed E-state index contributed by atoms with van der Waals surface area (Å²) in [6.45, 7) is 2.47. The van der Waals surface area contributed by atoms with Gasteiger partial charge in [0, 0.05) is 6.61 Å². The number of rotatable bonds is 6. The molecule has 0 spiro atoms. The fourth-order valence-electron chi connectivity index (χ4n) is 1.81. The van der Waals surface area contributed by atoms with Crippen molar-refractivity contribution in [2.75, 3.05) is 13.2 Å². The first-order valence-corrected chi connectivity index (χ1v) is 9.11. The van der Waals surface area contributed by atoms with E-state index in [1.165, 1.54) is 19.1 Å². The van der Waals surface area contributed by atoms with Gasteiger partial charge in [-0.3, -0.25) is 4.79 Å². The average Bonchev–Trinajstić information content (AvgIpc) is 3.06. The maximum Gasteiger partial charge on any atom is 0.273 e. The molecule has 0 radical (unpaired) electrons. The molecule has 1 aromatic rings. The fourth-order valence-corrected chi connectivity index (χ4v) is 4.34. The normalized spacial score (nSPS) is 20.4. The summed E-state index contributed by atoms with van der Waals surface area (Å²) in [6.07, 6.45) is 0.968. The molecule has 21 heavy (non-hydrogen) atoms. The van der Waals surface area contributed by atoms with Crippen molar-refractivity contribution in [1.82, 2.24) is 4.72 Å². The molecule has 0 aliphatic carbocycles. The average molecular weight is 354 g/mol. The second kappa shape index (κ2) is 7.06. The van der Waals surface area contributed by atoms with Crippen molar-refractivity contribution in [1.29, 1.82) is 0 Å². The third kappa shape index (κ3) is 4.65. The van der Waals surface area contributed by atoms with Crippen LogP contribution < -0.4 is 4.72 Å². The summed E-state index contributed by atoms with van der Waals surface area (Å²) < 4.78 is 37.0. The molecule has 0 aromatic carbocycles. The number of sulfonamides is 1. The molecule has 0 unspecified atom stereocenters. The molecular weight excluding hydrogens is 338 g/mol. The number of halogens is 1. The molecule has 1 aromatic heterocycles. The van der Waals surface area contributed by atoms with Crippen LogP contribution in [0.1, 0.15) is 19.8 Å². The SMILES string of the molecule is C[C@@H](OC[C@@H]1CCCO1)C(=O)NS(=O)(=O)c1ccc(Cl)s1. The number of amides is 1. The molecule has 0 bridgehead atoms. The summed E-state index contributed by atoms with van der Waals surface area (Å²) in [7, 11) is -3.90. The van der Waals surface area contributed by atoms with Crippen LogP contribution in [0.15, 0.2) is 16.3 Å². The van der Waals surface area contributed by atoms with Crippen LogP contribution in [0.3, 0.4) is 0 Å². The summed E-state index contributed by atoms with van der Waals surface area (Å²) in [5.41, 5.74) is 0. The minimum atomic E-state index is -3.90. The van der Waals surface area contributed by atoms with Crippen LogP contribution in [-0.4, -0.2) is 39.7 Å². The Bertz CT molecular complexity index is 595. The molecule has 0 saturated carbocycles. The Morgan fingerprint density at radius 1 is 1.62 bits per heavy atom. The largest absolute Gasteiger partial charge is 0.376 e. The van der Waals surface area contributed by atoms with Crippen LogP contribution in [0.4, 0.5) is 0 Å². The van der Waals surface area contributed by atoms with E-state index >= 15 is 0 Å². The molecule has 2 heterocycles. The van der Waals surface area contributed by atoms with Gasteiger partial charge in [-0.15, -0.1) is 11.3 Å². The van der Waals surface area contributed by atoms with E-state index in [0.29, 0.717) is 10.9 Å². The van der Waals surface area contributed by atoms with Gasteiger partial charge in [-0.2, -0.15) is 0 Å². The molecule has 2 rings (SSSR count). The highest BCUT2D eigenvalue weighted by atomic mass is 35.5. The predicted octanol–water partition coefficient (Wildman–Crippen LogP) is 1.79. The molecule has 118 valence electrons. The van der Waals surface area contributed by atoms with Gasteiger partial charge in [-0.1, -0.05) is 11.6 Å². The lowest BCUT2D eigenvalue weighted by Crippen LogP contribution is -2.39. The van der Waals surface area contributed by atoms with Gasteiger partial charge in [-0.25, -0.2) is 13.1 Å². The Morgan fingerprint density at radius 3 is 2.95 bits per heavy atom. The maximum atomic E-state index is 12.0. The van der Waals surface area contributed by atoms with Crippen LogP contribution in [-0.2, 0) is 24.3 Å². The van der Waals surface area contributed by atoms with E-state index in [4.69, 9.17) is 21.1 Å². The van der Waals surface area contributed by atoms with Crippen molar-refractivity contribution in [2.24, 2.45) is 0 Å². The van der Waals surface area contributed by atoms with Gasteiger partial charge in [0.05, 0.1) is 17.0 Å². The molecule has 1 amide bonds. The van der Waals surface area contributed by atoms with E-state index in [9.17, 15) is 13.2 Å². The lowest BCUT2D eigenvalue weighted by molar-refractivity contribution is -0.131. The van der Waals surface area contributed by atoms with Gasteiger partial charge in [0.2, 0.25) is 0 Å². The molecule has 1 saturated heterocycles. The number of nitrogens with one attached hydrogen (secondary N) is 1. The quantitative estimate of drug-likeness (QED) is 0.843. The molecule has 6 nitrogen and oxygen atoms in total. The van der Waals surface area contributed by atoms with Crippen molar-refractivity contribution in [3.05, 3.63) is 16.5 Å². The number of hydrogen-bond donors (Lipinski definition) is 1. The Balaban J connectivity index is 1.87. The zero-order chi connectivity index (χ0) is 15.5. The van der Waals surface area contributed by atoms with E-state index < -0.39 is 22.0 Å². The van der Waals surface area contributed by atoms with Gasteiger partial charge >= 0.3 is 0 Å². The van der Waals surface area contributed by atoms with E-state index in [1.807, 2.05) is 4.72 Å². The van der Waals surface area contributed by atoms with E-state index in [2.05, 4.69) is 0 Å². The molecule has 1 N–H and O–H groups in total. The van der Waals surface area contributed by atoms with Crippen LogP contribution in [0.25, 0.3) is 0 Å². The van der Waals surface area contributed by atoms with E-state index in [1.54, 1.807) is 0 Å². The Labute approximate surface area is 132 Å². The number of hydrogen-bond acceptors (Lipinski definition) is 6. The molecule has 9 heteroatoms. The maximum absolute atomic E-state index is 12.0. The van der Waals surface area contributed by atoms with Crippen molar-refractivity contribution in [3.8, 4) is 0 Å². The van der Waals surface area contributed by atoms with Crippen molar-refractivity contribution >= 4 is 38.9 Å². The molecule has 2 atom stereocenters. The summed E-state index contributed by atoms with van der Waals surface area (Å²) in [5.74, 6) is -0.711. The van der Waals surface area contributed by atoms with E-state index in [-0.39, 0.29) is 16.9 Å². The van der Waals surface area contributed by atoms with Crippen molar-refractivity contribution in [2.45, 2.75) is 36.2 Å². The third-order valence-corrected chi connectivity index (χ3v) is 6.04. The summed E-state index contributed by atoms with van der Waals surface area (Å²) in [4.78, 5) is 11.9. The second-order valence-corrected chi connectivity index (χ2v) is 8.26. The van der Waals surface area contributed by atoms with Gasteiger partial charge in [0.15, 0.2) is 0 Å². The summed E-state index contributed by atoms with van der Waals surface area (Å²) in [6, 6.07) is 2.81. The number of carbonyl (C=O) groups excluding carboxylic acids is 1. The van der Waals surface area contributed by atoms with Crippen LogP contribution in [0.2, 0.25) is 4.34 Å². The molecule has 1 fully saturated rings. The lowest BCUT2D eigenvalue weighted by Gasteiger charge is -2.15. The Morgan fingerprint density at radius 2 is 2.38 bits per heavy atom. The number of ether oxygens (including phenoxy) is 2. The van der Waals surface area contributed by atoms with Gasteiger partial charge < -0.3 is 9.47 Å². The van der Waals surface area contributed by atoms with Crippen LogP contribution >= 0.6 is 22.9 Å². The minimum absolute atomic E-state index is 0.00724. The smallest absolute Gasteiger partial charge is 0.273 e. The molecule has 1 aliphatic rings. The van der Waals surface area contributed by atoms with E-state index in [0.717, 1.165) is 24.2 Å². The standard InChI is InChI=1S/C12H16ClNO5S2/c1-8(19-7-9-3-2-6-18-9)12(15)14-21(16,17)11-5-4-10(13)20-11/h4-5,8-9H,2-3,6-7H2,1H3,(H,14,15)/t8-,9+/m1/s1. The lowest BCUT2D eigenvalue weighted by atomic mass is 10.2.